The molecule has 2 aromatic carbocycles. The third kappa shape index (κ3) is 5.81. The molecule has 1 saturated heterocycles. The predicted octanol–water partition coefficient (Wildman–Crippen LogP) is 2.20. The molecule has 8 heteroatoms. The molecule has 1 fully saturated rings. The maximum atomic E-state index is 12.3. The number of anilines is 2. The maximum absolute atomic E-state index is 12.3. The van der Waals surface area contributed by atoms with Gasteiger partial charge in [0.05, 0.1) is 12.6 Å². The van der Waals surface area contributed by atoms with E-state index in [1.807, 2.05) is 48.2 Å². The molecular formula is C22H27N5O3. The summed E-state index contributed by atoms with van der Waals surface area (Å²) in [5, 5.41) is 8.08. The second-order valence-corrected chi connectivity index (χ2v) is 7.41. The van der Waals surface area contributed by atoms with Crippen LogP contribution >= 0.6 is 0 Å². The highest BCUT2D eigenvalue weighted by Crippen LogP contribution is 2.23. The van der Waals surface area contributed by atoms with Gasteiger partial charge in [-0.2, -0.15) is 0 Å². The number of rotatable bonds is 7. The Bertz CT molecular complexity index is 930. The average Bonchev–Trinajstić information content (AvgIpc) is 3.16. The third-order valence-corrected chi connectivity index (χ3v) is 5.04. The van der Waals surface area contributed by atoms with E-state index in [4.69, 9.17) is 5.73 Å². The lowest BCUT2D eigenvalue weighted by molar-refractivity contribution is -0.122. The van der Waals surface area contributed by atoms with Crippen LogP contribution in [0.25, 0.3) is 0 Å². The van der Waals surface area contributed by atoms with Crippen molar-refractivity contribution in [3.63, 3.8) is 0 Å². The molecule has 4 amide bonds. The molecule has 0 aromatic heterocycles. The van der Waals surface area contributed by atoms with Gasteiger partial charge in [0.2, 0.25) is 11.8 Å². The van der Waals surface area contributed by atoms with Gasteiger partial charge in [-0.1, -0.05) is 30.3 Å². The predicted molar refractivity (Wildman–Crippen MR) is 116 cm³/mol. The Balaban J connectivity index is 1.54. The molecular weight excluding hydrogens is 382 g/mol. The van der Waals surface area contributed by atoms with Crippen LogP contribution in [-0.2, 0) is 16.1 Å². The molecule has 1 atom stereocenters. The van der Waals surface area contributed by atoms with Crippen molar-refractivity contribution in [2.45, 2.75) is 32.4 Å². The van der Waals surface area contributed by atoms with Crippen LogP contribution in [0.3, 0.4) is 0 Å². The van der Waals surface area contributed by atoms with Crippen molar-refractivity contribution in [1.29, 1.82) is 0 Å². The number of nitrogens with one attached hydrogen (secondary N) is 3. The Morgan fingerprint density at radius 1 is 1.10 bits per heavy atom. The van der Waals surface area contributed by atoms with Crippen LogP contribution in [0.4, 0.5) is 16.2 Å². The summed E-state index contributed by atoms with van der Waals surface area (Å²) >= 11 is 0. The minimum absolute atomic E-state index is 0.167. The van der Waals surface area contributed by atoms with Gasteiger partial charge in [0, 0.05) is 17.9 Å². The van der Waals surface area contributed by atoms with E-state index in [1.165, 1.54) is 0 Å². The fourth-order valence-corrected chi connectivity index (χ4v) is 3.59. The van der Waals surface area contributed by atoms with Gasteiger partial charge in [0.15, 0.2) is 0 Å². The standard InChI is InChI=1S/C22H27N5O3/c1-15-6-4-8-17(12-15)25-22(30)24-13-20(28)26-18-9-3-2-7-16(18)14-27-11-5-10-19(27)21(23)29/h2-4,6-9,12,19H,5,10-11,13-14H2,1H3,(H2,23,29)(H,26,28)(H2,24,25,30). The summed E-state index contributed by atoms with van der Waals surface area (Å²) < 4.78 is 0. The molecule has 0 saturated carbocycles. The molecule has 1 heterocycles. The highest BCUT2D eigenvalue weighted by molar-refractivity contribution is 5.97. The quantitative estimate of drug-likeness (QED) is 0.561. The van der Waals surface area contributed by atoms with Crippen molar-refractivity contribution in [2.24, 2.45) is 5.73 Å². The molecule has 158 valence electrons. The molecule has 0 spiro atoms. The first-order valence-electron chi connectivity index (χ1n) is 9.95. The van der Waals surface area contributed by atoms with Crippen molar-refractivity contribution in [1.82, 2.24) is 10.2 Å². The van der Waals surface area contributed by atoms with Gasteiger partial charge in [-0.05, 0) is 55.6 Å². The number of hydrogen-bond donors (Lipinski definition) is 4. The van der Waals surface area contributed by atoms with Gasteiger partial charge >= 0.3 is 6.03 Å². The van der Waals surface area contributed by atoms with E-state index < -0.39 is 6.03 Å². The highest BCUT2D eigenvalue weighted by Gasteiger charge is 2.29. The molecule has 1 unspecified atom stereocenters. The molecule has 3 rings (SSSR count). The second kappa shape index (κ2) is 9.89. The van der Waals surface area contributed by atoms with E-state index >= 15 is 0 Å². The molecule has 5 N–H and O–H groups in total. The topological polar surface area (TPSA) is 117 Å². The van der Waals surface area contributed by atoms with Gasteiger partial charge in [-0.15, -0.1) is 0 Å². The number of benzene rings is 2. The van der Waals surface area contributed by atoms with Crippen LogP contribution in [0.5, 0.6) is 0 Å². The number of aryl methyl sites for hydroxylation is 1. The number of amides is 4. The Hall–Kier alpha value is -3.39. The Kier molecular flexibility index (Phi) is 7.03. The Morgan fingerprint density at radius 2 is 1.90 bits per heavy atom. The van der Waals surface area contributed by atoms with Crippen molar-refractivity contribution >= 4 is 29.2 Å². The van der Waals surface area contributed by atoms with Crippen LogP contribution in [0, 0.1) is 6.92 Å². The van der Waals surface area contributed by atoms with Gasteiger partial charge in [-0.25, -0.2) is 4.79 Å². The van der Waals surface area contributed by atoms with E-state index in [-0.39, 0.29) is 24.4 Å². The number of nitrogens with zero attached hydrogens (tertiary/aromatic N) is 1. The van der Waals surface area contributed by atoms with E-state index in [0.717, 1.165) is 30.5 Å². The minimum Gasteiger partial charge on any atom is -0.368 e. The minimum atomic E-state index is -0.453. The highest BCUT2D eigenvalue weighted by atomic mass is 16.2. The third-order valence-electron chi connectivity index (χ3n) is 5.04. The number of primary amides is 1. The van der Waals surface area contributed by atoms with Crippen molar-refractivity contribution in [2.75, 3.05) is 23.7 Å². The van der Waals surface area contributed by atoms with Gasteiger partial charge in [-0.3, -0.25) is 14.5 Å². The van der Waals surface area contributed by atoms with Gasteiger partial charge < -0.3 is 21.7 Å². The van der Waals surface area contributed by atoms with Crippen LogP contribution in [0.15, 0.2) is 48.5 Å². The van der Waals surface area contributed by atoms with Crippen LogP contribution in [-0.4, -0.2) is 41.9 Å². The number of urea groups is 1. The van der Waals surface area contributed by atoms with Crippen molar-refractivity contribution in [3.8, 4) is 0 Å². The molecule has 1 aliphatic rings. The largest absolute Gasteiger partial charge is 0.368 e. The lowest BCUT2D eigenvalue weighted by atomic mass is 10.1. The van der Waals surface area contributed by atoms with Crippen LogP contribution in [0.2, 0.25) is 0 Å². The van der Waals surface area contributed by atoms with Crippen molar-refractivity contribution in [3.05, 3.63) is 59.7 Å². The first-order valence-corrected chi connectivity index (χ1v) is 9.95. The molecule has 30 heavy (non-hydrogen) atoms. The number of nitrogens with two attached hydrogens (primary N) is 1. The summed E-state index contributed by atoms with van der Waals surface area (Å²) in [6.07, 6.45) is 1.67. The Labute approximate surface area is 175 Å². The lowest BCUT2D eigenvalue weighted by Gasteiger charge is -2.23. The molecule has 8 nitrogen and oxygen atoms in total. The van der Waals surface area contributed by atoms with Crippen molar-refractivity contribution < 1.29 is 14.4 Å². The summed E-state index contributed by atoms with van der Waals surface area (Å²) in [7, 11) is 0. The van der Waals surface area contributed by atoms with Gasteiger partial charge in [0.25, 0.3) is 0 Å². The molecule has 0 bridgehead atoms. The lowest BCUT2D eigenvalue weighted by Crippen LogP contribution is -2.40. The first kappa shape index (κ1) is 21.3. The number of para-hydroxylation sites is 1. The summed E-state index contributed by atoms with van der Waals surface area (Å²) in [6, 6.07) is 14.1. The number of carbonyl (C=O) groups is 3. The zero-order valence-corrected chi connectivity index (χ0v) is 17.0. The summed E-state index contributed by atoms with van der Waals surface area (Å²) in [5.74, 6) is -0.660. The number of carbonyl (C=O) groups excluding carboxylic acids is 3. The van der Waals surface area contributed by atoms with E-state index in [0.29, 0.717) is 17.9 Å². The van der Waals surface area contributed by atoms with Crippen LogP contribution in [0.1, 0.15) is 24.0 Å². The summed E-state index contributed by atoms with van der Waals surface area (Å²) in [4.78, 5) is 38.0. The monoisotopic (exact) mass is 409 g/mol. The Morgan fingerprint density at radius 3 is 2.67 bits per heavy atom. The van der Waals surface area contributed by atoms with E-state index in [1.54, 1.807) is 12.1 Å². The van der Waals surface area contributed by atoms with Crippen LogP contribution < -0.4 is 21.7 Å². The van der Waals surface area contributed by atoms with E-state index in [2.05, 4.69) is 16.0 Å². The first-order chi connectivity index (χ1) is 14.4. The second-order valence-electron chi connectivity index (χ2n) is 7.41. The summed E-state index contributed by atoms with van der Waals surface area (Å²) in [5.41, 5.74) is 8.73. The smallest absolute Gasteiger partial charge is 0.319 e. The zero-order chi connectivity index (χ0) is 21.5. The number of hydrogen-bond acceptors (Lipinski definition) is 4. The molecule has 2 aromatic rings. The normalized spacial score (nSPS) is 16.1. The maximum Gasteiger partial charge on any atom is 0.319 e. The fraction of sp³-hybridized carbons (Fsp3) is 0.318. The average molecular weight is 409 g/mol. The van der Waals surface area contributed by atoms with E-state index in [9.17, 15) is 14.4 Å². The summed E-state index contributed by atoms with van der Waals surface area (Å²) in [6.45, 7) is 3.07. The fourth-order valence-electron chi connectivity index (χ4n) is 3.59. The number of likely N-dealkylation sites (tertiary alicyclic amines) is 1. The molecule has 0 radical (unpaired) electrons. The zero-order valence-electron chi connectivity index (χ0n) is 17.0. The molecule has 1 aliphatic heterocycles. The molecule has 0 aliphatic carbocycles. The SMILES string of the molecule is Cc1cccc(NC(=O)NCC(=O)Nc2ccccc2CN2CCCC2C(N)=O)c1. The van der Waals surface area contributed by atoms with Gasteiger partial charge in [0.1, 0.15) is 0 Å².